The summed E-state index contributed by atoms with van der Waals surface area (Å²) in [7, 11) is 0. The van der Waals surface area contributed by atoms with E-state index < -0.39 is 0 Å². The van der Waals surface area contributed by atoms with E-state index in [4.69, 9.17) is 11.6 Å². The molecule has 1 aromatic carbocycles. The summed E-state index contributed by atoms with van der Waals surface area (Å²) in [5, 5.41) is 6.63. The van der Waals surface area contributed by atoms with Gasteiger partial charge in [-0.1, -0.05) is 25.4 Å². The second-order valence-corrected chi connectivity index (χ2v) is 4.56. The Labute approximate surface area is 101 Å². The van der Waals surface area contributed by atoms with Crippen molar-refractivity contribution in [1.29, 1.82) is 0 Å². The fraction of sp³-hybridized carbons (Fsp3) is 0.417. The standard InChI is InChI=1S/C12H17ClN2O/c1-8(2)7-14-12-6-10(15-9(3)16)4-5-11(12)13/h4-6,8,14H,7H2,1-3H3,(H,15,16). The molecule has 16 heavy (non-hydrogen) atoms. The molecule has 0 bridgehead atoms. The van der Waals surface area contributed by atoms with E-state index in [-0.39, 0.29) is 5.91 Å². The van der Waals surface area contributed by atoms with Crippen molar-refractivity contribution in [3.8, 4) is 0 Å². The zero-order chi connectivity index (χ0) is 12.1. The van der Waals surface area contributed by atoms with Crippen LogP contribution in [0, 0.1) is 5.92 Å². The Hall–Kier alpha value is -1.22. The Bertz CT molecular complexity index is 377. The number of carbonyl (C=O) groups is 1. The first-order valence-corrected chi connectivity index (χ1v) is 5.68. The minimum Gasteiger partial charge on any atom is -0.384 e. The molecule has 1 aromatic rings. The zero-order valence-corrected chi connectivity index (χ0v) is 10.6. The summed E-state index contributed by atoms with van der Waals surface area (Å²) in [5.74, 6) is 0.456. The molecular weight excluding hydrogens is 224 g/mol. The van der Waals surface area contributed by atoms with Crippen LogP contribution in [0.3, 0.4) is 0 Å². The molecular formula is C12H17ClN2O. The van der Waals surface area contributed by atoms with Gasteiger partial charge in [0.1, 0.15) is 0 Å². The number of carbonyl (C=O) groups excluding carboxylic acids is 1. The van der Waals surface area contributed by atoms with Crippen molar-refractivity contribution in [3.05, 3.63) is 23.2 Å². The molecule has 0 heterocycles. The van der Waals surface area contributed by atoms with Crippen molar-refractivity contribution in [2.75, 3.05) is 17.2 Å². The molecule has 0 aromatic heterocycles. The number of benzene rings is 1. The van der Waals surface area contributed by atoms with Crippen LogP contribution < -0.4 is 10.6 Å². The Morgan fingerprint density at radius 3 is 2.69 bits per heavy atom. The Kier molecular flexibility index (Phi) is 4.62. The predicted molar refractivity (Wildman–Crippen MR) is 69.1 cm³/mol. The summed E-state index contributed by atoms with van der Waals surface area (Å²) in [4.78, 5) is 10.9. The Morgan fingerprint density at radius 2 is 2.12 bits per heavy atom. The van der Waals surface area contributed by atoms with E-state index in [9.17, 15) is 4.79 Å². The summed E-state index contributed by atoms with van der Waals surface area (Å²) in [6, 6.07) is 5.39. The Morgan fingerprint density at radius 1 is 1.44 bits per heavy atom. The highest BCUT2D eigenvalue weighted by atomic mass is 35.5. The van der Waals surface area contributed by atoms with Crippen molar-refractivity contribution in [3.63, 3.8) is 0 Å². The fourth-order valence-corrected chi connectivity index (χ4v) is 1.44. The van der Waals surface area contributed by atoms with Gasteiger partial charge in [-0.2, -0.15) is 0 Å². The van der Waals surface area contributed by atoms with Crippen molar-refractivity contribution < 1.29 is 4.79 Å². The van der Waals surface area contributed by atoms with E-state index in [1.54, 1.807) is 12.1 Å². The Balaban J connectivity index is 2.77. The van der Waals surface area contributed by atoms with Crippen LogP contribution in [0.5, 0.6) is 0 Å². The van der Waals surface area contributed by atoms with Crippen molar-refractivity contribution in [2.45, 2.75) is 20.8 Å². The van der Waals surface area contributed by atoms with Crippen LogP contribution in [0.15, 0.2) is 18.2 Å². The molecule has 0 saturated carbocycles. The second kappa shape index (κ2) is 5.75. The lowest BCUT2D eigenvalue weighted by Crippen LogP contribution is -2.10. The quantitative estimate of drug-likeness (QED) is 0.847. The van der Waals surface area contributed by atoms with Gasteiger partial charge in [0.05, 0.1) is 10.7 Å². The summed E-state index contributed by atoms with van der Waals surface area (Å²) in [6.07, 6.45) is 0. The normalized spacial score (nSPS) is 10.3. The molecule has 2 N–H and O–H groups in total. The fourth-order valence-electron chi connectivity index (χ4n) is 1.26. The van der Waals surface area contributed by atoms with E-state index in [0.717, 1.165) is 17.9 Å². The minimum absolute atomic E-state index is 0.0860. The second-order valence-electron chi connectivity index (χ2n) is 4.15. The average Bonchev–Trinajstić information content (AvgIpc) is 2.18. The maximum Gasteiger partial charge on any atom is 0.221 e. The van der Waals surface area contributed by atoms with Crippen molar-refractivity contribution in [1.82, 2.24) is 0 Å². The van der Waals surface area contributed by atoms with Crippen LogP contribution in [-0.4, -0.2) is 12.5 Å². The molecule has 0 spiro atoms. The van der Waals surface area contributed by atoms with Gasteiger partial charge in [-0.15, -0.1) is 0 Å². The molecule has 0 unspecified atom stereocenters. The van der Waals surface area contributed by atoms with Gasteiger partial charge in [0.15, 0.2) is 0 Å². The van der Waals surface area contributed by atoms with Gasteiger partial charge in [-0.25, -0.2) is 0 Å². The molecule has 0 aliphatic heterocycles. The summed E-state index contributed by atoms with van der Waals surface area (Å²) in [6.45, 7) is 6.58. The van der Waals surface area contributed by atoms with Gasteiger partial charge in [-0.3, -0.25) is 4.79 Å². The molecule has 1 rings (SSSR count). The smallest absolute Gasteiger partial charge is 0.221 e. The zero-order valence-electron chi connectivity index (χ0n) is 9.80. The molecule has 0 fully saturated rings. The van der Waals surface area contributed by atoms with Crippen molar-refractivity contribution in [2.24, 2.45) is 5.92 Å². The predicted octanol–water partition coefficient (Wildman–Crippen LogP) is 3.37. The number of hydrogen-bond donors (Lipinski definition) is 2. The van der Waals surface area contributed by atoms with E-state index >= 15 is 0 Å². The van der Waals surface area contributed by atoms with Crippen LogP contribution in [0.25, 0.3) is 0 Å². The molecule has 3 nitrogen and oxygen atoms in total. The van der Waals surface area contributed by atoms with Gasteiger partial charge >= 0.3 is 0 Å². The van der Waals surface area contributed by atoms with Crippen molar-refractivity contribution >= 4 is 28.9 Å². The number of amides is 1. The van der Waals surface area contributed by atoms with E-state index in [1.165, 1.54) is 6.92 Å². The molecule has 0 aliphatic carbocycles. The highest BCUT2D eigenvalue weighted by Gasteiger charge is 2.03. The number of anilines is 2. The highest BCUT2D eigenvalue weighted by molar-refractivity contribution is 6.33. The van der Waals surface area contributed by atoms with Crippen LogP contribution in [0.1, 0.15) is 20.8 Å². The number of halogens is 1. The van der Waals surface area contributed by atoms with E-state index in [1.807, 2.05) is 6.07 Å². The maximum atomic E-state index is 10.9. The van der Waals surface area contributed by atoms with E-state index in [0.29, 0.717) is 10.9 Å². The van der Waals surface area contributed by atoms with Gasteiger partial charge in [0.2, 0.25) is 5.91 Å². The summed E-state index contributed by atoms with van der Waals surface area (Å²) < 4.78 is 0. The third kappa shape index (κ3) is 4.11. The van der Waals surface area contributed by atoms with Crippen LogP contribution in [-0.2, 0) is 4.79 Å². The van der Waals surface area contributed by atoms with Crippen LogP contribution >= 0.6 is 11.6 Å². The number of hydrogen-bond acceptors (Lipinski definition) is 2. The lowest BCUT2D eigenvalue weighted by Gasteiger charge is -2.12. The SMILES string of the molecule is CC(=O)Nc1ccc(Cl)c(NCC(C)C)c1. The molecule has 0 saturated heterocycles. The number of nitrogens with one attached hydrogen (secondary N) is 2. The maximum absolute atomic E-state index is 10.9. The van der Waals surface area contributed by atoms with Gasteiger partial charge in [0, 0.05) is 19.2 Å². The average molecular weight is 241 g/mol. The molecule has 1 amide bonds. The van der Waals surface area contributed by atoms with Gasteiger partial charge in [0.25, 0.3) is 0 Å². The first-order valence-electron chi connectivity index (χ1n) is 5.30. The highest BCUT2D eigenvalue weighted by Crippen LogP contribution is 2.25. The monoisotopic (exact) mass is 240 g/mol. The topological polar surface area (TPSA) is 41.1 Å². The first kappa shape index (κ1) is 12.8. The largest absolute Gasteiger partial charge is 0.384 e. The van der Waals surface area contributed by atoms with Gasteiger partial charge in [-0.05, 0) is 24.1 Å². The summed E-state index contributed by atoms with van der Waals surface area (Å²) in [5.41, 5.74) is 1.60. The molecule has 0 atom stereocenters. The van der Waals surface area contributed by atoms with E-state index in [2.05, 4.69) is 24.5 Å². The van der Waals surface area contributed by atoms with Crippen LogP contribution in [0.4, 0.5) is 11.4 Å². The summed E-state index contributed by atoms with van der Waals surface area (Å²) >= 11 is 6.04. The molecule has 4 heteroatoms. The first-order chi connectivity index (χ1) is 7.49. The third-order valence-corrected chi connectivity index (χ3v) is 2.32. The molecule has 0 aliphatic rings. The number of rotatable bonds is 4. The third-order valence-electron chi connectivity index (χ3n) is 1.99. The van der Waals surface area contributed by atoms with Gasteiger partial charge < -0.3 is 10.6 Å². The molecule has 0 radical (unpaired) electrons. The minimum atomic E-state index is -0.0860. The molecule has 88 valence electrons. The lowest BCUT2D eigenvalue weighted by molar-refractivity contribution is -0.114. The lowest BCUT2D eigenvalue weighted by atomic mass is 10.2. The van der Waals surface area contributed by atoms with Crippen LogP contribution in [0.2, 0.25) is 5.02 Å².